The zero-order valence-electron chi connectivity index (χ0n) is 11.5. The van der Waals surface area contributed by atoms with Crippen LogP contribution in [-0.2, 0) is 16.6 Å². The summed E-state index contributed by atoms with van der Waals surface area (Å²) >= 11 is 0. The summed E-state index contributed by atoms with van der Waals surface area (Å²) in [6.45, 7) is 8.66. The lowest BCUT2D eigenvalue weighted by Gasteiger charge is -1.95. The van der Waals surface area contributed by atoms with E-state index in [0.29, 0.717) is 19.1 Å². The van der Waals surface area contributed by atoms with Crippen molar-refractivity contribution in [2.24, 2.45) is 7.05 Å². The molecule has 0 saturated heterocycles. The summed E-state index contributed by atoms with van der Waals surface area (Å²) in [7, 11) is 1.89. The maximum absolute atomic E-state index is 11.3. The van der Waals surface area contributed by atoms with Gasteiger partial charge in [-0.3, -0.25) is 4.79 Å². The first-order valence-electron chi connectivity index (χ1n) is 6.06. The highest BCUT2D eigenvalue weighted by Gasteiger charge is 2.25. The van der Waals surface area contributed by atoms with E-state index in [1.54, 1.807) is 24.0 Å². The fourth-order valence-electron chi connectivity index (χ4n) is 1.12. The third-order valence-corrected chi connectivity index (χ3v) is 2.14. The minimum absolute atomic E-state index is 0.0295. The third kappa shape index (κ3) is 7.75. The second-order valence-electron chi connectivity index (χ2n) is 3.76. The van der Waals surface area contributed by atoms with Gasteiger partial charge in [-0.15, -0.1) is 13.2 Å². The molecule has 0 atom stereocenters. The second kappa shape index (κ2) is 9.87. The highest BCUT2D eigenvalue weighted by atomic mass is 16.5. The maximum atomic E-state index is 11.3. The minimum atomic E-state index is -0.0295. The van der Waals surface area contributed by atoms with Crippen LogP contribution in [0.3, 0.4) is 0 Å². The van der Waals surface area contributed by atoms with Gasteiger partial charge >= 0.3 is 6.03 Å². The van der Waals surface area contributed by atoms with Gasteiger partial charge in [-0.1, -0.05) is 0 Å². The van der Waals surface area contributed by atoms with E-state index in [1.807, 2.05) is 17.8 Å². The summed E-state index contributed by atoms with van der Waals surface area (Å²) in [6.07, 6.45) is 7.58. The molecule has 2 rings (SSSR count). The Bertz CT molecular complexity index is 386. The number of ether oxygens (including phenoxy) is 1. The van der Waals surface area contributed by atoms with Gasteiger partial charge in [0.05, 0.1) is 13.7 Å². The van der Waals surface area contributed by atoms with Crippen molar-refractivity contribution in [3.05, 3.63) is 31.9 Å². The number of carbonyl (C=O) groups excluding carboxylic acids is 2. The van der Waals surface area contributed by atoms with E-state index in [4.69, 9.17) is 0 Å². The Hall–Kier alpha value is -2.11. The molecule has 1 heterocycles. The van der Waals surface area contributed by atoms with Gasteiger partial charge in [-0.05, 0) is 19.8 Å². The van der Waals surface area contributed by atoms with Crippen LogP contribution < -0.4 is 9.88 Å². The molecule has 6 nitrogen and oxygen atoms in total. The predicted molar refractivity (Wildman–Crippen MR) is 71.5 cm³/mol. The summed E-state index contributed by atoms with van der Waals surface area (Å²) in [5.74, 6) is 0. The van der Waals surface area contributed by atoms with E-state index in [2.05, 4.69) is 23.2 Å². The summed E-state index contributed by atoms with van der Waals surface area (Å²) in [5.41, 5.74) is 0. The van der Waals surface area contributed by atoms with E-state index >= 15 is 0 Å². The normalized spacial score (nSPS) is 12.1. The van der Waals surface area contributed by atoms with Crippen LogP contribution in [0.25, 0.3) is 0 Å². The number of carbonyl (C=O) groups is 2. The molecule has 1 saturated carbocycles. The molecule has 0 aliphatic heterocycles. The molecule has 1 N–H and O–H groups in total. The largest absolute Gasteiger partial charge is 0.468 e. The first kappa shape index (κ1) is 16.9. The lowest BCUT2D eigenvalue weighted by Crippen LogP contribution is -2.31. The van der Waals surface area contributed by atoms with Gasteiger partial charge in [-0.25, -0.2) is 9.36 Å². The smallest absolute Gasteiger partial charge is 0.413 e. The second-order valence-corrected chi connectivity index (χ2v) is 3.76. The van der Waals surface area contributed by atoms with Gasteiger partial charge in [0.2, 0.25) is 0 Å². The van der Waals surface area contributed by atoms with Gasteiger partial charge in [-0.2, -0.15) is 4.57 Å². The van der Waals surface area contributed by atoms with Gasteiger partial charge in [0.25, 0.3) is 12.8 Å². The van der Waals surface area contributed by atoms with Crippen molar-refractivity contribution in [1.82, 2.24) is 9.88 Å². The third-order valence-electron chi connectivity index (χ3n) is 2.14. The lowest BCUT2D eigenvalue weighted by atomic mass is 10.7. The molecular weight excluding hydrogens is 246 g/mol. The first-order valence-corrected chi connectivity index (χ1v) is 6.06. The number of aromatic nitrogens is 2. The Morgan fingerprint density at radius 1 is 1.58 bits per heavy atom. The van der Waals surface area contributed by atoms with Crippen LogP contribution in [0.1, 0.15) is 19.8 Å². The highest BCUT2D eigenvalue weighted by molar-refractivity contribution is 5.76. The average molecular weight is 268 g/mol. The number of imidazole rings is 1. The summed E-state index contributed by atoms with van der Waals surface area (Å²) in [5, 5.41) is 2.89. The number of hydrogen-bond acceptors (Lipinski definition) is 3. The van der Waals surface area contributed by atoms with Gasteiger partial charge in [0.15, 0.2) is 0 Å². The fourth-order valence-corrected chi connectivity index (χ4v) is 1.12. The Morgan fingerprint density at radius 2 is 2.21 bits per heavy atom. The molecule has 6 heteroatoms. The molecule has 0 aromatic carbocycles. The molecule has 1 aliphatic rings. The van der Waals surface area contributed by atoms with Crippen LogP contribution in [0.15, 0.2) is 31.9 Å². The summed E-state index contributed by atoms with van der Waals surface area (Å²) in [6, 6.07) is 0.392. The molecule has 106 valence electrons. The van der Waals surface area contributed by atoms with Crippen LogP contribution in [0.2, 0.25) is 0 Å². The number of hydrogen-bond donors (Lipinski definition) is 1. The van der Waals surface area contributed by atoms with Crippen LogP contribution >= 0.6 is 0 Å². The topological polar surface area (TPSA) is 64.2 Å². The van der Waals surface area contributed by atoms with Gasteiger partial charge < -0.3 is 10.1 Å². The zero-order valence-corrected chi connectivity index (χ0v) is 11.5. The van der Waals surface area contributed by atoms with Crippen LogP contribution in [0.5, 0.6) is 0 Å². The Labute approximate surface area is 113 Å². The predicted octanol–water partition coefficient (Wildman–Crippen LogP) is 1.01. The Balaban J connectivity index is 0.000000396. The highest BCUT2D eigenvalue weighted by Crippen LogP contribution is 2.18. The number of amides is 1. The Morgan fingerprint density at radius 3 is 2.53 bits per heavy atom. The van der Waals surface area contributed by atoms with Crippen molar-refractivity contribution in [3.8, 4) is 0 Å². The molecule has 1 aliphatic carbocycles. The molecule has 1 fully saturated rings. The van der Waals surface area contributed by atoms with E-state index < -0.39 is 0 Å². The minimum Gasteiger partial charge on any atom is -0.468 e. The Kier molecular flexibility index (Phi) is 8.78. The van der Waals surface area contributed by atoms with Crippen molar-refractivity contribution in [1.29, 1.82) is 0 Å². The van der Waals surface area contributed by atoms with Crippen molar-refractivity contribution in [2.75, 3.05) is 6.61 Å². The number of rotatable bonds is 3. The molecule has 0 bridgehead atoms. The fraction of sp³-hybridized carbons (Fsp3) is 0.462. The lowest BCUT2D eigenvalue weighted by molar-refractivity contribution is -0.670. The monoisotopic (exact) mass is 268 g/mol. The van der Waals surface area contributed by atoms with Gasteiger partial charge in [0.1, 0.15) is 12.4 Å². The van der Waals surface area contributed by atoms with Crippen molar-refractivity contribution in [2.45, 2.75) is 25.8 Å². The number of nitrogens with one attached hydrogen (secondary N) is 1. The number of nitrogens with zero attached hydrogens (tertiary/aromatic N) is 2. The van der Waals surface area contributed by atoms with Gasteiger partial charge in [0, 0.05) is 6.04 Å². The molecule has 1 amide bonds. The van der Waals surface area contributed by atoms with E-state index in [9.17, 15) is 9.59 Å². The average Bonchev–Trinajstić information content (AvgIpc) is 3.12. The summed E-state index contributed by atoms with van der Waals surface area (Å²) < 4.78 is 7.55. The molecular formula is C13H22N3O3+. The number of aryl methyl sites for hydroxylation is 1. The molecule has 0 radical (unpaired) electrons. The van der Waals surface area contributed by atoms with E-state index in [0.717, 1.165) is 12.8 Å². The van der Waals surface area contributed by atoms with Crippen molar-refractivity contribution in [3.63, 3.8) is 0 Å². The maximum Gasteiger partial charge on any atom is 0.413 e. The van der Waals surface area contributed by atoms with Crippen molar-refractivity contribution >= 4 is 12.5 Å². The van der Waals surface area contributed by atoms with Crippen LogP contribution in [-0.4, -0.2) is 29.7 Å². The molecule has 0 spiro atoms. The quantitative estimate of drug-likeness (QED) is 0.505. The van der Waals surface area contributed by atoms with E-state index in [-0.39, 0.29) is 6.03 Å². The van der Waals surface area contributed by atoms with Crippen LogP contribution in [0.4, 0.5) is 4.79 Å². The van der Waals surface area contributed by atoms with Crippen LogP contribution in [0, 0.1) is 0 Å². The molecule has 1 aromatic heterocycles. The standard InChI is InChI=1S/C8H11N3O.C3H6O2.C2H4/c1-10-4-5-11(6-10)8(12)9-7-2-3-7;1-2-5-3-4;1-2/h4-7H,2-3H2,1H3;3H,2H2,1H3;1-2H2/p+1. The SMILES string of the molecule is C=C.CCOC=O.C[n+]1ccn(C(=O)NC2CC2)c1. The molecule has 0 unspecified atom stereocenters. The zero-order chi connectivity index (χ0) is 14.7. The summed E-state index contributed by atoms with van der Waals surface area (Å²) in [4.78, 5) is 20.5. The molecule has 1 aromatic rings. The van der Waals surface area contributed by atoms with Crippen molar-refractivity contribution < 1.29 is 18.9 Å². The first-order chi connectivity index (χ1) is 9.17. The van der Waals surface area contributed by atoms with E-state index in [1.165, 1.54) is 0 Å². The molecule has 19 heavy (non-hydrogen) atoms.